The lowest BCUT2D eigenvalue weighted by atomic mass is 10.1. The summed E-state index contributed by atoms with van der Waals surface area (Å²) in [5.74, 6) is 2.41. The molecule has 0 unspecified atom stereocenters. The van der Waals surface area contributed by atoms with Crippen molar-refractivity contribution in [3.63, 3.8) is 0 Å². The van der Waals surface area contributed by atoms with Gasteiger partial charge in [0.2, 0.25) is 0 Å². The normalized spacial score (nSPS) is 10.3. The van der Waals surface area contributed by atoms with Gasteiger partial charge in [-0.05, 0) is 12.8 Å². The summed E-state index contributed by atoms with van der Waals surface area (Å²) < 4.78 is 0. The third-order valence-electron chi connectivity index (χ3n) is 2.56. The Hall–Kier alpha value is -1.96. The number of rotatable bonds is 4. The first-order valence-electron chi connectivity index (χ1n) is 5.59. The summed E-state index contributed by atoms with van der Waals surface area (Å²) in [6.45, 7) is 6.63. The van der Waals surface area contributed by atoms with Crippen LogP contribution in [-0.4, -0.2) is 34.1 Å². The number of terminal acetylenes is 1. The number of aromatic amines is 1. The quantitative estimate of drug-likeness (QED) is 0.769. The van der Waals surface area contributed by atoms with Gasteiger partial charge in [-0.1, -0.05) is 19.8 Å². The van der Waals surface area contributed by atoms with Crippen LogP contribution in [0, 0.1) is 12.3 Å². The molecule has 0 aromatic carbocycles. The lowest BCUT2D eigenvalue weighted by Crippen LogP contribution is -2.31. The van der Waals surface area contributed by atoms with Gasteiger partial charge < -0.3 is 10.6 Å². The molecule has 0 spiro atoms. The molecule has 5 nitrogen and oxygen atoms in total. The summed E-state index contributed by atoms with van der Waals surface area (Å²) >= 11 is 0. The number of anilines is 1. The molecule has 5 heteroatoms. The average molecular weight is 234 g/mol. The van der Waals surface area contributed by atoms with Crippen molar-refractivity contribution < 1.29 is 4.79 Å². The molecule has 0 atom stereocenters. The molecule has 1 amide bonds. The van der Waals surface area contributed by atoms with Crippen LogP contribution in [0.25, 0.3) is 0 Å². The van der Waals surface area contributed by atoms with Crippen LogP contribution in [0.2, 0.25) is 0 Å². The fourth-order valence-electron chi connectivity index (χ4n) is 1.55. The molecule has 0 aliphatic rings. The van der Waals surface area contributed by atoms with Crippen molar-refractivity contribution in [3.8, 4) is 12.3 Å². The highest BCUT2D eigenvalue weighted by Gasteiger charge is 2.22. The molecule has 0 radical (unpaired) electrons. The van der Waals surface area contributed by atoms with Crippen molar-refractivity contribution >= 4 is 11.6 Å². The standard InChI is InChI=1S/C12H18N4O/c1-5-7-16(6-2)12(17)11-9(13)10(8(3)4)14-15-11/h1,8H,6-7,13H2,2-4H3,(H,14,15). The van der Waals surface area contributed by atoms with Crippen LogP contribution in [0.15, 0.2) is 0 Å². The van der Waals surface area contributed by atoms with Crippen molar-refractivity contribution in [3.05, 3.63) is 11.4 Å². The van der Waals surface area contributed by atoms with Crippen LogP contribution in [0.5, 0.6) is 0 Å². The van der Waals surface area contributed by atoms with E-state index in [0.717, 1.165) is 5.69 Å². The van der Waals surface area contributed by atoms with E-state index in [9.17, 15) is 4.79 Å². The van der Waals surface area contributed by atoms with Gasteiger partial charge in [0.25, 0.3) is 5.91 Å². The Kier molecular flexibility index (Phi) is 4.16. The van der Waals surface area contributed by atoms with E-state index in [0.29, 0.717) is 12.2 Å². The molecule has 1 heterocycles. The van der Waals surface area contributed by atoms with Crippen molar-refractivity contribution in [2.75, 3.05) is 18.8 Å². The molecular formula is C12H18N4O. The number of aromatic nitrogens is 2. The number of amides is 1. The van der Waals surface area contributed by atoms with Gasteiger partial charge >= 0.3 is 0 Å². The number of nitrogen functional groups attached to an aromatic ring is 1. The summed E-state index contributed by atoms with van der Waals surface area (Å²) in [5, 5.41) is 6.78. The van der Waals surface area contributed by atoms with E-state index in [1.54, 1.807) is 0 Å². The molecule has 1 aromatic heterocycles. The van der Waals surface area contributed by atoms with Crippen LogP contribution in [0.3, 0.4) is 0 Å². The first kappa shape index (κ1) is 13.1. The van der Waals surface area contributed by atoms with E-state index in [4.69, 9.17) is 12.2 Å². The fourth-order valence-corrected chi connectivity index (χ4v) is 1.55. The van der Waals surface area contributed by atoms with E-state index in [1.165, 1.54) is 4.90 Å². The largest absolute Gasteiger partial charge is 0.395 e. The molecule has 1 aromatic rings. The summed E-state index contributed by atoms with van der Waals surface area (Å²) in [6, 6.07) is 0. The Labute approximate surface area is 101 Å². The number of nitrogens with one attached hydrogen (secondary N) is 1. The minimum atomic E-state index is -0.230. The SMILES string of the molecule is C#CCN(CC)C(=O)c1n[nH]c(C(C)C)c1N. The van der Waals surface area contributed by atoms with Gasteiger partial charge in [0, 0.05) is 6.54 Å². The summed E-state index contributed by atoms with van der Waals surface area (Å²) in [4.78, 5) is 13.6. The highest BCUT2D eigenvalue weighted by molar-refractivity contribution is 5.97. The molecule has 0 aliphatic carbocycles. The van der Waals surface area contributed by atoms with Crippen LogP contribution in [0.1, 0.15) is 42.9 Å². The minimum Gasteiger partial charge on any atom is -0.395 e. The van der Waals surface area contributed by atoms with Crippen LogP contribution < -0.4 is 5.73 Å². The molecule has 17 heavy (non-hydrogen) atoms. The maximum atomic E-state index is 12.1. The van der Waals surface area contributed by atoms with E-state index >= 15 is 0 Å². The molecule has 0 aliphatic heterocycles. The molecular weight excluding hydrogens is 216 g/mol. The van der Waals surface area contributed by atoms with Gasteiger partial charge in [0.05, 0.1) is 17.9 Å². The van der Waals surface area contributed by atoms with Crippen molar-refractivity contribution in [1.82, 2.24) is 15.1 Å². The van der Waals surface area contributed by atoms with Gasteiger partial charge in [0.15, 0.2) is 5.69 Å². The van der Waals surface area contributed by atoms with E-state index in [1.807, 2.05) is 20.8 Å². The van der Waals surface area contributed by atoms with Crippen LogP contribution in [0.4, 0.5) is 5.69 Å². The highest BCUT2D eigenvalue weighted by atomic mass is 16.2. The Balaban J connectivity index is 3.01. The number of H-pyrrole nitrogens is 1. The van der Waals surface area contributed by atoms with E-state index in [-0.39, 0.29) is 24.1 Å². The maximum Gasteiger partial charge on any atom is 0.277 e. The van der Waals surface area contributed by atoms with Gasteiger partial charge in [-0.25, -0.2) is 0 Å². The predicted octanol–water partition coefficient (Wildman–Crippen LogP) is 1.21. The summed E-state index contributed by atoms with van der Waals surface area (Å²) in [6.07, 6.45) is 5.21. The Morgan fingerprint density at radius 3 is 2.71 bits per heavy atom. The second-order valence-electron chi connectivity index (χ2n) is 4.08. The zero-order valence-corrected chi connectivity index (χ0v) is 10.4. The number of hydrogen-bond donors (Lipinski definition) is 2. The van der Waals surface area contributed by atoms with Crippen molar-refractivity contribution in [2.24, 2.45) is 0 Å². The maximum absolute atomic E-state index is 12.1. The number of nitrogens with zero attached hydrogens (tertiary/aromatic N) is 2. The molecule has 3 N–H and O–H groups in total. The predicted molar refractivity (Wildman–Crippen MR) is 67.5 cm³/mol. The first-order chi connectivity index (χ1) is 8.02. The molecule has 92 valence electrons. The molecule has 0 fully saturated rings. The van der Waals surface area contributed by atoms with Gasteiger partial charge in [0.1, 0.15) is 0 Å². The van der Waals surface area contributed by atoms with Crippen molar-refractivity contribution in [2.45, 2.75) is 26.7 Å². The number of carbonyl (C=O) groups is 1. The number of hydrogen-bond acceptors (Lipinski definition) is 3. The highest BCUT2D eigenvalue weighted by Crippen LogP contribution is 2.22. The van der Waals surface area contributed by atoms with Gasteiger partial charge in [-0.3, -0.25) is 9.89 Å². The van der Waals surface area contributed by atoms with E-state index in [2.05, 4.69) is 16.1 Å². The monoisotopic (exact) mass is 234 g/mol. The molecule has 0 saturated carbocycles. The van der Waals surface area contributed by atoms with Crippen LogP contribution >= 0.6 is 0 Å². The lowest BCUT2D eigenvalue weighted by molar-refractivity contribution is 0.0780. The zero-order valence-electron chi connectivity index (χ0n) is 10.4. The minimum absolute atomic E-state index is 0.201. The van der Waals surface area contributed by atoms with Gasteiger partial charge in [-0.15, -0.1) is 6.42 Å². The summed E-state index contributed by atoms with van der Waals surface area (Å²) in [5.41, 5.74) is 7.36. The molecule has 0 bridgehead atoms. The number of nitrogens with two attached hydrogens (primary N) is 1. The first-order valence-corrected chi connectivity index (χ1v) is 5.59. The lowest BCUT2D eigenvalue weighted by Gasteiger charge is -2.16. The Morgan fingerprint density at radius 2 is 2.29 bits per heavy atom. The van der Waals surface area contributed by atoms with E-state index < -0.39 is 0 Å². The Bertz CT molecular complexity index is 442. The van der Waals surface area contributed by atoms with Gasteiger partial charge in [-0.2, -0.15) is 5.10 Å². The smallest absolute Gasteiger partial charge is 0.277 e. The summed E-state index contributed by atoms with van der Waals surface area (Å²) in [7, 11) is 0. The fraction of sp³-hybridized carbons (Fsp3) is 0.500. The topological polar surface area (TPSA) is 75.0 Å². The zero-order chi connectivity index (χ0) is 13.0. The van der Waals surface area contributed by atoms with Crippen LogP contribution in [-0.2, 0) is 0 Å². The molecule has 0 saturated heterocycles. The third-order valence-corrected chi connectivity index (χ3v) is 2.56. The molecule has 1 rings (SSSR count). The van der Waals surface area contributed by atoms with Crippen molar-refractivity contribution in [1.29, 1.82) is 0 Å². The second kappa shape index (κ2) is 5.39. The number of carbonyl (C=O) groups excluding carboxylic acids is 1. The Morgan fingerprint density at radius 1 is 1.65 bits per heavy atom. The second-order valence-corrected chi connectivity index (χ2v) is 4.08. The average Bonchev–Trinajstić information content (AvgIpc) is 2.67. The third kappa shape index (κ3) is 2.59.